The molecule has 8 heteroatoms. The molecule has 2 aromatic rings. The Labute approximate surface area is 211 Å². The zero-order chi connectivity index (χ0) is 25.3. The number of fused-ring (bicyclic) bond motifs is 1. The van der Waals surface area contributed by atoms with Crippen molar-refractivity contribution >= 4 is 17.8 Å². The van der Waals surface area contributed by atoms with Crippen LogP contribution in [0, 0.1) is 11.8 Å². The minimum Gasteiger partial charge on any atom is -0.497 e. The molecule has 1 aliphatic carbocycles. The van der Waals surface area contributed by atoms with E-state index in [1.165, 1.54) is 19.3 Å². The highest BCUT2D eigenvalue weighted by Crippen LogP contribution is 2.39. The summed E-state index contributed by atoms with van der Waals surface area (Å²) in [5.74, 6) is 1.85. The molecule has 8 nitrogen and oxygen atoms in total. The van der Waals surface area contributed by atoms with Gasteiger partial charge >= 0.3 is 6.03 Å². The number of benzene rings is 2. The topological polar surface area (TPSA) is 88.2 Å². The third-order valence-electron chi connectivity index (χ3n) is 8.09. The molecule has 3 aliphatic rings. The summed E-state index contributed by atoms with van der Waals surface area (Å²) in [6, 6.07) is 13.5. The molecule has 190 valence electrons. The van der Waals surface area contributed by atoms with Gasteiger partial charge in [-0.05, 0) is 60.1 Å². The van der Waals surface area contributed by atoms with Crippen LogP contribution in [0.5, 0.6) is 11.5 Å². The number of amides is 4. The number of imide groups is 1. The fourth-order valence-corrected chi connectivity index (χ4v) is 6.02. The smallest absolute Gasteiger partial charge is 0.326 e. The standard InChI is InChI=1S/C28H33N3O5/c1-35-23-11-7-21(8-12-23)28(22-9-13-24(36-2)14-10-22)26(33)31(27(34)29-28)18-25(32)30-16-15-19-5-3-4-6-20(19)17-30/h7-14,19-20H,3-6,15-18H2,1-2H3,(H,29,34). The van der Waals surface area contributed by atoms with Gasteiger partial charge in [0.05, 0.1) is 14.2 Å². The summed E-state index contributed by atoms with van der Waals surface area (Å²) >= 11 is 0. The normalized spacial score (nSPS) is 23.2. The first-order valence-electron chi connectivity index (χ1n) is 12.7. The number of nitrogens with one attached hydrogen (secondary N) is 1. The second-order valence-corrected chi connectivity index (χ2v) is 9.96. The molecule has 2 aromatic carbocycles. The van der Waals surface area contributed by atoms with Gasteiger partial charge in [-0.2, -0.15) is 0 Å². The Morgan fingerprint density at radius 2 is 1.44 bits per heavy atom. The molecule has 2 atom stereocenters. The number of piperidine rings is 1. The number of rotatable bonds is 6. The van der Waals surface area contributed by atoms with Gasteiger partial charge in [0.25, 0.3) is 5.91 Å². The second-order valence-electron chi connectivity index (χ2n) is 9.96. The van der Waals surface area contributed by atoms with E-state index in [0.717, 1.165) is 24.3 Å². The fourth-order valence-electron chi connectivity index (χ4n) is 6.02. The van der Waals surface area contributed by atoms with Crippen LogP contribution in [0.4, 0.5) is 4.79 Å². The Morgan fingerprint density at radius 1 is 0.889 bits per heavy atom. The first-order chi connectivity index (χ1) is 17.5. The summed E-state index contributed by atoms with van der Waals surface area (Å²) < 4.78 is 10.6. The van der Waals surface area contributed by atoms with E-state index in [9.17, 15) is 14.4 Å². The van der Waals surface area contributed by atoms with Crippen molar-refractivity contribution in [3.05, 3.63) is 59.7 Å². The lowest BCUT2D eigenvalue weighted by Crippen LogP contribution is -2.50. The number of nitrogens with zero attached hydrogens (tertiary/aromatic N) is 2. The summed E-state index contributed by atoms with van der Waals surface area (Å²) in [6.07, 6.45) is 5.87. The fraction of sp³-hybridized carbons (Fsp3) is 0.464. The SMILES string of the molecule is COc1ccc(C2(c3ccc(OC)cc3)NC(=O)N(CC(=O)N3CCC4CCCCC4C3)C2=O)cc1. The van der Waals surface area contributed by atoms with E-state index in [1.807, 2.05) is 4.90 Å². The van der Waals surface area contributed by atoms with E-state index < -0.39 is 17.5 Å². The van der Waals surface area contributed by atoms with Crippen molar-refractivity contribution < 1.29 is 23.9 Å². The van der Waals surface area contributed by atoms with Crippen molar-refractivity contribution in [3.8, 4) is 11.5 Å². The Morgan fingerprint density at radius 3 is 2.00 bits per heavy atom. The van der Waals surface area contributed by atoms with E-state index in [0.29, 0.717) is 41.0 Å². The molecule has 0 bridgehead atoms. The Hall–Kier alpha value is -3.55. The quantitative estimate of drug-likeness (QED) is 0.625. The summed E-state index contributed by atoms with van der Waals surface area (Å²) in [5.41, 5.74) is -0.277. The lowest BCUT2D eigenvalue weighted by Gasteiger charge is -2.41. The van der Waals surface area contributed by atoms with Crippen LogP contribution < -0.4 is 14.8 Å². The highest BCUT2D eigenvalue weighted by molar-refractivity contribution is 6.11. The maximum absolute atomic E-state index is 14.0. The third-order valence-corrected chi connectivity index (χ3v) is 8.09. The summed E-state index contributed by atoms with van der Waals surface area (Å²) in [7, 11) is 3.14. The molecular weight excluding hydrogens is 458 g/mol. The summed E-state index contributed by atoms with van der Waals surface area (Å²) in [4.78, 5) is 43.4. The van der Waals surface area contributed by atoms with Gasteiger partial charge in [-0.15, -0.1) is 0 Å². The van der Waals surface area contributed by atoms with Gasteiger partial charge in [0.15, 0.2) is 5.54 Å². The first kappa shape index (κ1) is 24.2. The van der Waals surface area contributed by atoms with Gasteiger partial charge in [-0.1, -0.05) is 43.5 Å². The lowest BCUT2D eigenvalue weighted by atomic mass is 9.75. The first-order valence-corrected chi connectivity index (χ1v) is 12.7. The molecule has 1 N–H and O–H groups in total. The van der Waals surface area contributed by atoms with Crippen molar-refractivity contribution in [3.63, 3.8) is 0 Å². The predicted octanol–water partition coefficient (Wildman–Crippen LogP) is 3.54. The molecule has 2 saturated heterocycles. The Kier molecular flexibility index (Phi) is 6.60. The van der Waals surface area contributed by atoms with Crippen molar-refractivity contribution in [1.29, 1.82) is 0 Å². The average Bonchev–Trinajstić information content (AvgIpc) is 3.18. The van der Waals surface area contributed by atoms with E-state index in [1.54, 1.807) is 62.8 Å². The molecule has 3 fully saturated rings. The van der Waals surface area contributed by atoms with Gasteiger partial charge in [-0.3, -0.25) is 14.5 Å². The highest BCUT2D eigenvalue weighted by atomic mass is 16.5. The molecule has 5 rings (SSSR count). The van der Waals surface area contributed by atoms with Crippen LogP contribution in [0.25, 0.3) is 0 Å². The molecule has 0 radical (unpaired) electrons. The molecule has 1 saturated carbocycles. The number of hydrogen-bond acceptors (Lipinski definition) is 5. The number of carbonyl (C=O) groups excluding carboxylic acids is 3. The number of urea groups is 1. The number of hydrogen-bond donors (Lipinski definition) is 1. The van der Waals surface area contributed by atoms with Gasteiger partial charge in [0.2, 0.25) is 5.91 Å². The van der Waals surface area contributed by atoms with Gasteiger partial charge in [0, 0.05) is 13.1 Å². The molecule has 0 spiro atoms. The minimum atomic E-state index is -1.45. The highest BCUT2D eigenvalue weighted by Gasteiger charge is 2.54. The van der Waals surface area contributed by atoms with Crippen LogP contribution in [0.15, 0.2) is 48.5 Å². The molecule has 4 amide bonds. The summed E-state index contributed by atoms with van der Waals surface area (Å²) in [5, 5.41) is 2.91. The van der Waals surface area contributed by atoms with E-state index in [-0.39, 0.29) is 12.5 Å². The Bertz CT molecular complexity index is 1080. The Balaban J connectivity index is 1.42. The van der Waals surface area contributed by atoms with E-state index >= 15 is 0 Å². The molecule has 2 heterocycles. The van der Waals surface area contributed by atoms with Gasteiger partial charge < -0.3 is 19.7 Å². The maximum atomic E-state index is 14.0. The zero-order valence-electron chi connectivity index (χ0n) is 20.9. The second kappa shape index (κ2) is 9.84. The van der Waals surface area contributed by atoms with Crippen LogP contribution >= 0.6 is 0 Å². The molecular formula is C28H33N3O5. The monoisotopic (exact) mass is 491 g/mol. The number of likely N-dealkylation sites (tertiary alicyclic amines) is 1. The minimum absolute atomic E-state index is 0.178. The number of ether oxygens (including phenoxy) is 2. The van der Waals surface area contributed by atoms with E-state index in [4.69, 9.17) is 9.47 Å². The summed E-state index contributed by atoms with van der Waals surface area (Å²) in [6.45, 7) is 1.14. The molecule has 0 aromatic heterocycles. The van der Waals surface area contributed by atoms with Crippen LogP contribution in [-0.2, 0) is 15.1 Å². The third kappa shape index (κ3) is 4.18. The van der Waals surface area contributed by atoms with Crippen LogP contribution in [-0.4, -0.2) is 61.5 Å². The van der Waals surface area contributed by atoms with E-state index in [2.05, 4.69) is 5.32 Å². The molecule has 2 aliphatic heterocycles. The lowest BCUT2D eigenvalue weighted by molar-refractivity contribution is -0.140. The van der Waals surface area contributed by atoms with Crippen LogP contribution in [0.2, 0.25) is 0 Å². The average molecular weight is 492 g/mol. The molecule has 36 heavy (non-hydrogen) atoms. The zero-order valence-corrected chi connectivity index (χ0v) is 20.9. The van der Waals surface area contributed by atoms with Crippen molar-refractivity contribution in [2.75, 3.05) is 33.9 Å². The maximum Gasteiger partial charge on any atom is 0.326 e. The van der Waals surface area contributed by atoms with Crippen LogP contribution in [0.1, 0.15) is 43.2 Å². The van der Waals surface area contributed by atoms with Gasteiger partial charge in [-0.25, -0.2) is 4.79 Å². The number of carbonyl (C=O) groups is 3. The van der Waals surface area contributed by atoms with Crippen molar-refractivity contribution in [1.82, 2.24) is 15.1 Å². The van der Waals surface area contributed by atoms with Crippen molar-refractivity contribution in [2.24, 2.45) is 11.8 Å². The largest absolute Gasteiger partial charge is 0.497 e. The predicted molar refractivity (Wildman–Crippen MR) is 134 cm³/mol. The van der Waals surface area contributed by atoms with Crippen molar-refractivity contribution in [2.45, 2.75) is 37.6 Å². The molecule has 2 unspecified atom stereocenters. The van der Waals surface area contributed by atoms with Gasteiger partial charge in [0.1, 0.15) is 18.0 Å². The van der Waals surface area contributed by atoms with Crippen LogP contribution in [0.3, 0.4) is 0 Å². The number of methoxy groups -OCH3 is 2.